The van der Waals surface area contributed by atoms with E-state index >= 15 is 0 Å². The molecule has 0 atom stereocenters. The van der Waals surface area contributed by atoms with Crippen LogP contribution < -0.4 is 21.3 Å². The Morgan fingerprint density at radius 2 is 1.86 bits per heavy atom. The summed E-state index contributed by atoms with van der Waals surface area (Å²) in [5, 5.41) is 6.59. The van der Waals surface area contributed by atoms with Gasteiger partial charge < -0.3 is 26.0 Å². The zero-order valence-electron chi connectivity index (χ0n) is 20.5. The smallest absolute Gasteiger partial charge is 0.323 e. The van der Waals surface area contributed by atoms with E-state index in [1.54, 1.807) is 23.6 Å². The van der Waals surface area contributed by atoms with Crippen LogP contribution in [0.25, 0.3) is 21.8 Å². The number of hydrogen-bond acceptors (Lipinski definition) is 8. The summed E-state index contributed by atoms with van der Waals surface area (Å²) in [4.78, 5) is 28.8. The first-order valence-corrected chi connectivity index (χ1v) is 12.4. The van der Waals surface area contributed by atoms with Crippen LogP contribution in [0.4, 0.5) is 27.2 Å². The molecule has 10 heteroatoms. The highest BCUT2D eigenvalue weighted by Gasteiger charge is 2.19. The molecule has 2 heterocycles. The summed E-state index contributed by atoms with van der Waals surface area (Å²) >= 11 is 1.54. The fraction of sp³-hybridized carbons (Fsp3) is 0.231. The normalized spacial score (nSPS) is 10.8. The molecule has 186 valence electrons. The molecule has 0 saturated heterocycles. The Morgan fingerprint density at radius 1 is 1.08 bits per heavy atom. The topological polar surface area (TPSA) is 118 Å². The summed E-state index contributed by atoms with van der Waals surface area (Å²) in [6, 6.07) is 16.7. The van der Waals surface area contributed by atoms with E-state index in [1.165, 1.54) is 0 Å². The molecule has 0 unspecified atom stereocenters. The maximum Gasteiger partial charge on any atom is 0.323 e. The second kappa shape index (κ2) is 11.6. The number of benzene rings is 2. The fourth-order valence-corrected chi connectivity index (χ4v) is 4.52. The average Bonchev–Trinajstić information content (AvgIpc) is 3.32. The molecule has 9 nitrogen and oxygen atoms in total. The van der Waals surface area contributed by atoms with Crippen molar-refractivity contribution < 1.29 is 9.53 Å². The summed E-state index contributed by atoms with van der Waals surface area (Å²) in [6.07, 6.45) is 1.62. The molecule has 2 amide bonds. The zero-order chi connectivity index (χ0) is 25.5. The van der Waals surface area contributed by atoms with E-state index in [2.05, 4.69) is 25.5 Å². The minimum absolute atomic E-state index is 0.181. The quantitative estimate of drug-likeness (QED) is 0.266. The Hall–Kier alpha value is -4.02. The summed E-state index contributed by atoms with van der Waals surface area (Å²) in [6.45, 7) is 5.95. The lowest BCUT2D eigenvalue weighted by Crippen LogP contribution is -2.22. The van der Waals surface area contributed by atoms with E-state index in [1.807, 2.05) is 69.4 Å². The van der Waals surface area contributed by atoms with Gasteiger partial charge in [0, 0.05) is 37.8 Å². The first-order valence-electron chi connectivity index (χ1n) is 11.6. The fourth-order valence-electron chi connectivity index (χ4n) is 3.46. The molecule has 0 aliphatic carbocycles. The minimum Gasteiger partial charge on any atom is -0.380 e. The summed E-state index contributed by atoms with van der Waals surface area (Å²) in [5.41, 5.74) is 10.6. The molecule has 0 spiro atoms. The number of nitrogens with one attached hydrogen (secondary N) is 2. The van der Waals surface area contributed by atoms with Crippen molar-refractivity contribution in [2.75, 3.05) is 48.1 Å². The molecule has 36 heavy (non-hydrogen) atoms. The molecule has 0 aliphatic heterocycles. The summed E-state index contributed by atoms with van der Waals surface area (Å²) < 4.78 is 5.50. The monoisotopic (exact) mass is 503 g/mol. The van der Waals surface area contributed by atoms with Crippen molar-refractivity contribution in [3.8, 4) is 21.8 Å². The summed E-state index contributed by atoms with van der Waals surface area (Å²) in [7, 11) is 1.98. The van der Waals surface area contributed by atoms with Crippen LogP contribution in [-0.4, -0.2) is 47.8 Å². The van der Waals surface area contributed by atoms with Crippen molar-refractivity contribution >= 4 is 39.8 Å². The molecule has 2 aromatic carbocycles. The van der Waals surface area contributed by atoms with E-state index in [0.29, 0.717) is 36.8 Å². The summed E-state index contributed by atoms with van der Waals surface area (Å²) in [5.74, 6) is 0.181. The van der Waals surface area contributed by atoms with Gasteiger partial charge in [0.05, 0.1) is 17.2 Å². The van der Waals surface area contributed by atoms with Gasteiger partial charge in [-0.15, -0.1) is 0 Å². The van der Waals surface area contributed by atoms with E-state index in [0.717, 1.165) is 26.8 Å². The Kier molecular flexibility index (Phi) is 8.09. The van der Waals surface area contributed by atoms with Crippen LogP contribution >= 0.6 is 11.3 Å². The van der Waals surface area contributed by atoms with Crippen molar-refractivity contribution in [1.29, 1.82) is 0 Å². The number of nitrogens with two attached hydrogens (primary N) is 1. The number of carbonyl (C=O) groups is 1. The largest absolute Gasteiger partial charge is 0.380 e. The van der Waals surface area contributed by atoms with Crippen LogP contribution in [0.3, 0.4) is 0 Å². The molecule has 4 N–H and O–H groups in total. The standard InChI is InChI=1S/C26H29N7O2S/c1-4-35-15-14-33(3)26-32-22(21-12-13-28-24(27)31-21)23(36-26)18-6-5-7-20(16-18)30-25(34)29-19-10-8-17(2)9-11-19/h5-13,16H,4,14-15H2,1-3H3,(H2,27,28,31)(H2,29,30,34). The molecule has 0 fully saturated rings. The third kappa shape index (κ3) is 6.35. The lowest BCUT2D eigenvalue weighted by Gasteiger charge is -2.15. The maximum absolute atomic E-state index is 12.6. The number of anilines is 4. The lowest BCUT2D eigenvalue weighted by molar-refractivity contribution is 0.154. The Labute approximate surface area is 214 Å². The molecule has 0 aliphatic rings. The number of hydrogen-bond donors (Lipinski definition) is 3. The zero-order valence-corrected chi connectivity index (χ0v) is 21.3. The number of ether oxygens (including phenoxy) is 1. The van der Waals surface area contributed by atoms with Gasteiger partial charge in [-0.2, -0.15) is 0 Å². The van der Waals surface area contributed by atoms with Crippen molar-refractivity contribution in [3.05, 3.63) is 66.4 Å². The van der Waals surface area contributed by atoms with Crippen LogP contribution in [0.1, 0.15) is 12.5 Å². The van der Waals surface area contributed by atoms with Gasteiger partial charge >= 0.3 is 6.03 Å². The average molecular weight is 504 g/mol. The van der Waals surface area contributed by atoms with Gasteiger partial charge in [0.1, 0.15) is 5.69 Å². The van der Waals surface area contributed by atoms with Gasteiger partial charge in [-0.3, -0.25) is 0 Å². The number of aromatic nitrogens is 3. The highest BCUT2D eigenvalue weighted by Crippen LogP contribution is 2.40. The number of urea groups is 1. The Balaban J connectivity index is 1.61. The highest BCUT2D eigenvalue weighted by atomic mass is 32.1. The van der Waals surface area contributed by atoms with E-state index in [-0.39, 0.29) is 12.0 Å². The molecule has 0 saturated carbocycles. The number of amides is 2. The van der Waals surface area contributed by atoms with Gasteiger partial charge in [-0.05, 0) is 49.7 Å². The molecule has 4 rings (SSSR count). The predicted molar refractivity (Wildman–Crippen MR) is 147 cm³/mol. The number of nitrogens with zero attached hydrogens (tertiary/aromatic N) is 4. The van der Waals surface area contributed by atoms with E-state index in [9.17, 15) is 4.79 Å². The van der Waals surface area contributed by atoms with Crippen LogP contribution in [-0.2, 0) is 4.74 Å². The van der Waals surface area contributed by atoms with Gasteiger partial charge in [0.15, 0.2) is 5.13 Å². The highest BCUT2D eigenvalue weighted by molar-refractivity contribution is 7.19. The van der Waals surface area contributed by atoms with Crippen molar-refractivity contribution in [2.45, 2.75) is 13.8 Å². The third-order valence-electron chi connectivity index (χ3n) is 5.33. The van der Waals surface area contributed by atoms with Crippen LogP contribution in [0.2, 0.25) is 0 Å². The number of thiazole rings is 1. The first-order chi connectivity index (χ1) is 17.4. The van der Waals surface area contributed by atoms with Crippen molar-refractivity contribution in [1.82, 2.24) is 15.0 Å². The van der Waals surface area contributed by atoms with Gasteiger partial charge in [0.2, 0.25) is 5.95 Å². The van der Waals surface area contributed by atoms with Crippen molar-refractivity contribution in [3.63, 3.8) is 0 Å². The van der Waals surface area contributed by atoms with E-state index < -0.39 is 0 Å². The van der Waals surface area contributed by atoms with Crippen LogP contribution in [0, 0.1) is 6.92 Å². The maximum atomic E-state index is 12.6. The number of nitrogen functional groups attached to an aromatic ring is 1. The second-order valence-electron chi connectivity index (χ2n) is 8.12. The van der Waals surface area contributed by atoms with Crippen LogP contribution in [0.5, 0.6) is 0 Å². The minimum atomic E-state index is -0.319. The SMILES string of the molecule is CCOCCN(C)c1nc(-c2ccnc(N)n2)c(-c2cccc(NC(=O)Nc3ccc(C)cc3)c2)s1. The van der Waals surface area contributed by atoms with Crippen molar-refractivity contribution in [2.24, 2.45) is 0 Å². The number of aryl methyl sites for hydroxylation is 1. The molecular weight excluding hydrogens is 474 g/mol. The second-order valence-corrected chi connectivity index (χ2v) is 9.10. The molecular formula is C26H29N7O2S. The number of rotatable bonds is 9. The third-order valence-corrected chi connectivity index (χ3v) is 6.55. The van der Waals surface area contributed by atoms with Crippen LogP contribution in [0.15, 0.2) is 60.8 Å². The molecule has 0 bridgehead atoms. The molecule has 2 aromatic heterocycles. The van der Waals surface area contributed by atoms with Gasteiger partial charge in [-0.1, -0.05) is 41.2 Å². The predicted octanol–water partition coefficient (Wildman–Crippen LogP) is 5.27. The van der Waals surface area contributed by atoms with Gasteiger partial charge in [0.25, 0.3) is 0 Å². The first kappa shape index (κ1) is 25.1. The Morgan fingerprint density at radius 3 is 2.61 bits per heavy atom. The molecule has 0 radical (unpaired) electrons. The van der Waals surface area contributed by atoms with E-state index in [4.69, 9.17) is 15.5 Å². The lowest BCUT2D eigenvalue weighted by atomic mass is 10.1. The Bertz CT molecular complexity index is 1320. The van der Waals surface area contributed by atoms with Gasteiger partial charge in [-0.25, -0.2) is 19.7 Å². The number of carbonyl (C=O) groups excluding carboxylic acids is 1. The number of likely N-dealkylation sites (N-methyl/N-ethyl adjacent to an activating group) is 1. The molecule has 4 aromatic rings.